The third-order valence-electron chi connectivity index (χ3n) is 12.8. The number of amides is 1. The van der Waals surface area contributed by atoms with E-state index in [0.29, 0.717) is 5.56 Å². The highest BCUT2D eigenvalue weighted by atomic mass is 16.7. The molecule has 0 radical (unpaired) electrons. The van der Waals surface area contributed by atoms with E-state index in [9.17, 15) is 34.5 Å². The Morgan fingerprint density at radius 2 is 1.57 bits per heavy atom. The number of fused-ring (bicyclic) bond motifs is 8. The normalized spacial score (nSPS) is 35.5. The van der Waals surface area contributed by atoms with Crippen LogP contribution in [0.5, 0.6) is 0 Å². The minimum absolute atomic E-state index is 0.0104. The topological polar surface area (TPSA) is 217 Å². The van der Waals surface area contributed by atoms with Crippen LogP contribution in [0.1, 0.15) is 83.8 Å². The van der Waals surface area contributed by atoms with Crippen molar-refractivity contribution in [2.24, 2.45) is 16.7 Å². The molecule has 5 aliphatic rings. The van der Waals surface area contributed by atoms with Gasteiger partial charge in [-0.05, 0) is 63.5 Å². The van der Waals surface area contributed by atoms with Gasteiger partial charge in [-0.25, -0.2) is 14.4 Å². The number of ketones is 1. The SMILES string of the molecule is CC(=O)O[C@@]12CO[C@@H]1[C@@H]1O[C@@H]1[C@@]1(C)C(=O)[C@H](O)C3=C(C)[C@H](OC(=O)[C@H](O)[C@@H](NC(=O)OC(C)(C)C)c4ccccc4)C[C@@](O)([C@H](OC(=O)c4ccccc4)[C@H]21)C3(C)C. The number of Topliss-reactive ketones (excluding diaryl/α,β-unsaturated/α-hetero) is 1. The monoisotopic (exact) mass is 805 g/mol. The van der Waals surface area contributed by atoms with Crippen molar-refractivity contribution in [1.82, 2.24) is 5.32 Å². The number of carbonyl (C=O) groups excluding carboxylic acids is 5. The van der Waals surface area contributed by atoms with Gasteiger partial charge in [-0.1, -0.05) is 62.4 Å². The van der Waals surface area contributed by atoms with Gasteiger partial charge in [0.25, 0.3) is 0 Å². The van der Waals surface area contributed by atoms with Crippen LogP contribution in [-0.4, -0.2) is 111 Å². The van der Waals surface area contributed by atoms with Gasteiger partial charge < -0.3 is 49.1 Å². The zero-order chi connectivity index (χ0) is 42.3. The molecule has 4 fully saturated rings. The molecule has 3 aliphatic carbocycles. The van der Waals surface area contributed by atoms with Crippen LogP contribution in [0.2, 0.25) is 0 Å². The van der Waals surface area contributed by atoms with Crippen LogP contribution < -0.4 is 5.32 Å². The van der Waals surface area contributed by atoms with E-state index >= 15 is 4.79 Å². The summed E-state index contributed by atoms with van der Waals surface area (Å²) >= 11 is 0. The van der Waals surface area contributed by atoms with Crippen molar-refractivity contribution < 1.29 is 67.7 Å². The van der Waals surface area contributed by atoms with Gasteiger partial charge in [-0.15, -0.1) is 0 Å². The minimum atomic E-state index is -2.28. The zero-order valence-electron chi connectivity index (χ0n) is 33.7. The molecule has 2 saturated heterocycles. The van der Waals surface area contributed by atoms with E-state index in [1.54, 1.807) is 97.0 Å². The molecule has 12 atom stereocenters. The van der Waals surface area contributed by atoms with Crippen LogP contribution in [0.3, 0.4) is 0 Å². The van der Waals surface area contributed by atoms with Crippen LogP contribution in [0.4, 0.5) is 4.79 Å². The molecule has 0 unspecified atom stereocenters. The summed E-state index contributed by atoms with van der Waals surface area (Å²) in [5, 5.41) is 39.9. The molecule has 2 heterocycles. The molecule has 15 heteroatoms. The van der Waals surface area contributed by atoms with Crippen molar-refractivity contribution in [3.05, 3.63) is 82.9 Å². The van der Waals surface area contributed by atoms with Gasteiger partial charge in [0.15, 0.2) is 17.5 Å². The first-order chi connectivity index (χ1) is 27.1. The molecule has 2 aromatic rings. The summed E-state index contributed by atoms with van der Waals surface area (Å²) in [4.78, 5) is 69.2. The second-order valence-electron chi connectivity index (χ2n) is 17.8. The van der Waals surface area contributed by atoms with Gasteiger partial charge in [0.1, 0.15) is 41.7 Å². The molecule has 312 valence electrons. The lowest BCUT2D eigenvalue weighted by Crippen LogP contribution is -2.81. The first kappa shape index (κ1) is 41.5. The number of alkyl carbamates (subject to hydrolysis) is 1. The number of esters is 3. The summed E-state index contributed by atoms with van der Waals surface area (Å²) in [5.41, 5.74) is -7.45. The Morgan fingerprint density at radius 1 is 0.948 bits per heavy atom. The molecule has 0 aromatic heterocycles. The van der Waals surface area contributed by atoms with E-state index in [4.69, 9.17) is 28.4 Å². The van der Waals surface area contributed by atoms with Crippen molar-refractivity contribution in [3.63, 3.8) is 0 Å². The number of hydrogen-bond acceptors (Lipinski definition) is 14. The Balaban J connectivity index is 1.34. The molecule has 4 N–H and O–H groups in total. The number of nitrogens with one attached hydrogen (secondary N) is 1. The number of carbonyl (C=O) groups is 5. The van der Waals surface area contributed by atoms with Gasteiger partial charge in [0.05, 0.1) is 35.6 Å². The fourth-order valence-electron chi connectivity index (χ4n) is 9.95. The first-order valence-electron chi connectivity index (χ1n) is 19.4. The Bertz CT molecular complexity index is 2030. The van der Waals surface area contributed by atoms with Crippen LogP contribution in [0.25, 0.3) is 0 Å². The van der Waals surface area contributed by atoms with E-state index in [1.807, 2.05) is 0 Å². The maximum absolute atomic E-state index is 15.1. The highest BCUT2D eigenvalue weighted by Gasteiger charge is 2.84. The molecule has 15 nitrogen and oxygen atoms in total. The van der Waals surface area contributed by atoms with Crippen molar-refractivity contribution in [1.29, 1.82) is 0 Å². The van der Waals surface area contributed by atoms with Gasteiger partial charge in [-0.3, -0.25) is 9.59 Å². The molecule has 58 heavy (non-hydrogen) atoms. The van der Waals surface area contributed by atoms with Crippen LogP contribution in [-0.2, 0) is 42.8 Å². The van der Waals surface area contributed by atoms with E-state index in [1.165, 1.54) is 19.1 Å². The smallest absolute Gasteiger partial charge is 0.408 e. The average molecular weight is 806 g/mol. The summed E-state index contributed by atoms with van der Waals surface area (Å²) < 4.78 is 35.9. The van der Waals surface area contributed by atoms with Crippen molar-refractivity contribution in [2.45, 2.75) is 127 Å². The molecule has 2 aromatic carbocycles. The Morgan fingerprint density at radius 3 is 2.14 bits per heavy atom. The van der Waals surface area contributed by atoms with E-state index in [-0.39, 0.29) is 23.3 Å². The summed E-state index contributed by atoms with van der Waals surface area (Å²) in [6.45, 7) is 12.2. The van der Waals surface area contributed by atoms with Crippen LogP contribution >= 0.6 is 0 Å². The fraction of sp³-hybridized carbons (Fsp3) is 0.558. The Hall–Kier alpha value is -4.67. The number of hydrogen-bond donors (Lipinski definition) is 4. The summed E-state index contributed by atoms with van der Waals surface area (Å²) in [6.07, 6.45) is -10.9. The molecule has 7 rings (SSSR count). The quantitative estimate of drug-likeness (QED) is 0.130. The number of aliphatic hydroxyl groups is 3. The van der Waals surface area contributed by atoms with Gasteiger partial charge in [-0.2, -0.15) is 0 Å². The summed E-state index contributed by atoms with van der Waals surface area (Å²) in [5.74, 6) is -4.90. The number of rotatable bonds is 8. The molecule has 2 saturated carbocycles. The van der Waals surface area contributed by atoms with Crippen LogP contribution in [0.15, 0.2) is 71.8 Å². The van der Waals surface area contributed by atoms with Gasteiger partial charge >= 0.3 is 24.0 Å². The standard InChI is InChI=1S/C43H51NO14/c1-21-25(54-37(50)29(47)27(23-15-11-9-12-16-23)44-38(51)58-39(3,4)5)19-43(52)35(56-36(49)24-17-13-10-14-18-24)31-41(8,32(48)28(46)26(21)40(43,6)7)33-30(55-33)34-42(31,20-53-34)57-22(2)45/h9-18,25,27-31,33-35,46-47,52H,19-20H2,1-8H3,(H,44,51)/t25-,27+,28-,29-,30-,31+,33+,34-,35-,41-,42-,43-/m1/s1. The van der Waals surface area contributed by atoms with Gasteiger partial charge in [0.2, 0.25) is 0 Å². The fourth-order valence-corrected chi connectivity index (χ4v) is 9.95. The maximum Gasteiger partial charge on any atom is 0.408 e. The third-order valence-corrected chi connectivity index (χ3v) is 12.8. The maximum atomic E-state index is 15.1. The lowest BCUT2D eigenvalue weighted by Gasteiger charge is -2.65. The summed E-state index contributed by atoms with van der Waals surface area (Å²) in [6, 6.07) is 14.8. The predicted octanol–water partition coefficient (Wildman–Crippen LogP) is 3.28. The molecule has 2 aliphatic heterocycles. The first-order valence-corrected chi connectivity index (χ1v) is 19.4. The van der Waals surface area contributed by atoms with Crippen molar-refractivity contribution in [3.8, 4) is 0 Å². The zero-order valence-corrected chi connectivity index (χ0v) is 33.7. The lowest BCUT2D eigenvalue weighted by molar-refractivity contribution is -0.325. The van der Waals surface area contributed by atoms with Crippen molar-refractivity contribution in [2.75, 3.05) is 6.61 Å². The molecular weight excluding hydrogens is 754 g/mol. The number of benzene rings is 2. The number of epoxide rings is 1. The second kappa shape index (κ2) is 14.3. The lowest BCUT2D eigenvalue weighted by atomic mass is 9.45. The minimum Gasteiger partial charge on any atom is -0.456 e. The Labute approximate surface area is 336 Å². The highest BCUT2D eigenvalue weighted by molar-refractivity contribution is 5.94. The third kappa shape index (κ3) is 6.51. The van der Waals surface area contributed by atoms with E-state index in [2.05, 4.69) is 5.32 Å². The second-order valence-corrected chi connectivity index (χ2v) is 17.8. The molecule has 1 amide bonds. The average Bonchev–Trinajstić information content (AvgIpc) is 3.93. The number of ether oxygens (including phenoxy) is 6. The largest absolute Gasteiger partial charge is 0.456 e. The van der Waals surface area contributed by atoms with E-state index in [0.717, 1.165) is 0 Å². The summed E-state index contributed by atoms with van der Waals surface area (Å²) in [7, 11) is 0. The molecule has 2 bridgehead atoms. The molecular formula is C43H51NO14. The van der Waals surface area contributed by atoms with Crippen molar-refractivity contribution >= 4 is 29.8 Å². The Kier molecular flexibility index (Phi) is 10.2. The number of aliphatic hydroxyl groups excluding tert-OH is 2. The van der Waals surface area contributed by atoms with Gasteiger partial charge in [0, 0.05) is 18.8 Å². The van der Waals surface area contributed by atoms with Crippen LogP contribution in [0, 0.1) is 16.7 Å². The highest BCUT2D eigenvalue weighted by Crippen LogP contribution is 2.68. The molecule has 0 spiro atoms. The van der Waals surface area contributed by atoms with E-state index < -0.39 is 119 Å². The predicted molar refractivity (Wildman–Crippen MR) is 202 cm³/mol.